The first-order valence-corrected chi connectivity index (χ1v) is 5.19. The quantitative estimate of drug-likeness (QED) is 0.845. The summed E-state index contributed by atoms with van der Waals surface area (Å²) in [5, 5.41) is 2.61. The van der Waals surface area contributed by atoms with Gasteiger partial charge in [0.15, 0.2) is 5.75 Å². The van der Waals surface area contributed by atoms with Crippen LogP contribution in [0.1, 0.15) is 10.5 Å². The van der Waals surface area contributed by atoms with Crippen LogP contribution in [0, 0.1) is 0 Å². The summed E-state index contributed by atoms with van der Waals surface area (Å²) in [6.07, 6.45) is 4.46. The summed E-state index contributed by atoms with van der Waals surface area (Å²) in [6.45, 7) is 0. The van der Waals surface area contributed by atoms with E-state index in [0.29, 0.717) is 5.69 Å². The fourth-order valence-electron chi connectivity index (χ4n) is 1.38. The van der Waals surface area contributed by atoms with Gasteiger partial charge in [-0.25, -0.2) is 0 Å². The molecule has 2 heterocycles. The summed E-state index contributed by atoms with van der Waals surface area (Å²) in [6, 6.07) is 4.59. The Balaban J connectivity index is 2.20. The number of hydrogen-bond donors (Lipinski definition) is 2. The number of anilines is 1. The molecule has 0 spiro atoms. The molecule has 1 amide bonds. The highest BCUT2D eigenvalue weighted by Crippen LogP contribution is 2.06. The van der Waals surface area contributed by atoms with Gasteiger partial charge in [0.05, 0.1) is 19.0 Å². The molecule has 0 fully saturated rings. The van der Waals surface area contributed by atoms with Crippen molar-refractivity contribution in [1.82, 2.24) is 9.97 Å². The molecule has 2 aromatic heterocycles. The van der Waals surface area contributed by atoms with E-state index in [1.54, 1.807) is 18.3 Å². The number of aromatic nitrogens is 2. The van der Waals surface area contributed by atoms with Crippen LogP contribution in [0.15, 0.2) is 41.6 Å². The molecular weight excluding hydrogens is 234 g/mol. The topological polar surface area (TPSA) is 84.1 Å². The Morgan fingerprint density at radius 2 is 2.33 bits per heavy atom. The lowest BCUT2D eigenvalue weighted by atomic mass is 10.3. The Hall–Kier alpha value is -2.63. The molecule has 0 unspecified atom stereocenters. The maximum Gasteiger partial charge on any atom is 0.272 e. The third-order valence-corrected chi connectivity index (χ3v) is 2.26. The molecule has 0 saturated carbocycles. The predicted octanol–water partition coefficient (Wildman–Crippen LogP) is 1.03. The van der Waals surface area contributed by atoms with Crippen molar-refractivity contribution in [3.05, 3.63) is 52.7 Å². The van der Waals surface area contributed by atoms with E-state index in [1.165, 1.54) is 25.6 Å². The van der Waals surface area contributed by atoms with Gasteiger partial charge in [-0.15, -0.1) is 0 Å². The lowest BCUT2D eigenvalue weighted by molar-refractivity contribution is 0.102. The number of ether oxygens (including phenoxy) is 1. The van der Waals surface area contributed by atoms with Gasteiger partial charge in [-0.1, -0.05) is 0 Å². The lowest BCUT2D eigenvalue weighted by Crippen LogP contribution is -2.17. The van der Waals surface area contributed by atoms with E-state index in [-0.39, 0.29) is 16.9 Å². The number of carbonyl (C=O) groups is 1. The number of carbonyl (C=O) groups excluding carboxylic acids is 1. The average Bonchev–Trinajstić information content (AvgIpc) is 2.39. The van der Waals surface area contributed by atoms with Gasteiger partial charge in [-0.3, -0.25) is 14.6 Å². The molecule has 0 atom stereocenters. The smallest absolute Gasteiger partial charge is 0.272 e. The first-order chi connectivity index (χ1) is 8.70. The van der Waals surface area contributed by atoms with Crippen LogP contribution < -0.4 is 15.5 Å². The molecule has 6 heteroatoms. The second kappa shape index (κ2) is 5.13. The molecule has 18 heavy (non-hydrogen) atoms. The Morgan fingerprint density at radius 1 is 1.50 bits per heavy atom. The van der Waals surface area contributed by atoms with Gasteiger partial charge in [0, 0.05) is 18.5 Å². The monoisotopic (exact) mass is 245 g/mol. The number of hydrogen-bond acceptors (Lipinski definition) is 4. The fourth-order valence-corrected chi connectivity index (χ4v) is 1.38. The van der Waals surface area contributed by atoms with Crippen molar-refractivity contribution in [1.29, 1.82) is 0 Å². The van der Waals surface area contributed by atoms with Crippen LogP contribution in [0.25, 0.3) is 0 Å². The third-order valence-electron chi connectivity index (χ3n) is 2.26. The van der Waals surface area contributed by atoms with Crippen molar-refractivity contribution in [2.45, 2.75) is 0 Å². The van der Waals surface area contributed by atoms with Crippen molar-refractivity contribution in [3.8, 4) is 5.75 Å². The predicted molar refractivity (Wildman–Crippen MR) is 65.8 cm³/mol. The fraction of sp³-hybridized carbons (Fsp3) is 0.0833. The van der Waals surface area contributed by atoms with Crippen molar-refractivity contribution in [3.63, 3.8) is 0 Å². The highest BCUT2D eigenvalue weighted by Gasteiger charge is 2.09. The molecule has 2 aromatic rings. The van der Waals surface area contributed by atoms with Crippen LogP contribution in [0.5, 0.6) is 5.75 Å². The zero-order valence-electron chi connectivity index (χ0n) is 9.64. The standard InChI is InChI=1S/C12H11N3O3/c1-18-11-7-14-9(5-10(11)16)12(17)15-8-3-2-4-13-6-8/h2-7H,1H3,(H,14,16)(H,15,17). The van der Waals surface area contributed by atoms with Crippen molar-refractivity contribution >= 4 is 11.6 Å². The van der Waals surface area contributed by atoms with Crippen molar-refractivity contribution < 1.29 is 9.53 Å². The van der Waals surface area contributed by atoms with Gasteiger partial charge < -0.3 is 15.0 Å². The van der Waals surface area contributed by atoms with Crippen molar-refractivity contribution in [2.24, 2.45) is 0 Å². The summed E-state index contributed by atoms with van der Waals surface area (Å²) < 4.78 is 4.81. The van der Waals surface area contributed by atoms with E-state index in [9.17, 15) is 9.59 Å². The number of amides is 1. The minimum atomic E-state index is -0.414. The van der Waals surface area contributed by atoms with Crippen LogP contribution in [0.4, 0.5) is 5.69 Å². The number of aromatic amines is 1. The summed E-state index contributed by atoms with van der Waals surface area (Å²) in [4.78, 5) is 29.9. The van der Waals surface area contributed by atoms with Crippen LogP contribution in [-0.2, 0) is 0 Å². The third kappa shape index (κ3) is 2.54. The van der Waals surface area contributed by atoms with Gasteiger partial charge in [-0.05, 0) is 12.1 Å². The Morgan fingerprint density at radius 3 is 2.94 bits per heavy atom. The van der Waals surface area contributed by atoms with Gasteiger partial charge in [0.2, 0.25) is 5.43 Å². The highest BCUT2D eigenvalue weighted by molar-refractivity contribution is 6.02. The maximum atomic E-state index is 11.8. The minimum absolute atomic E-state index is 0.157. The number of nitrogens with zero attached hydrogens (tertiary/aromatic N) is 1. The number of pyridine rings is 2. The van der Waals surface area contributed by atoms with E-state index in [4.69, 9.17) is 4.74 Å². The van der Waals surface area contributed by atoms with E-state index in [0.717, 1.165) is 0 Å². The molecule has 0 aliphatic rings. The second-order valence-electron chi connectivity index (χ2n) is 3.48. The largest absolute Gasteiger partial charge is 0.491 e. The molecule has 2 N–H and O–H groups in total. The van der Waals surface area contributed by atoms with Gasteiger partial charge in [0.1, 0.15) is 5.69 Å². The number of nitrogens with one attached hydrogen (secondary N) is 2. The molecule has 0 aromatic carbocycles. The summed E-state index contributed by atoms with van der Waals surface area (Å²) in [7, 11) is 1.39. The average molecular weight is 245 g/mol. The van der Waals surface area contributed by atoms with Gasteiger partial charge in [0.25, 0.3) is 5.91 Å². The Labute approximate surface area is 103 Å². The summed E-state index contributed by atoms with van der Waals surface area (Å²) in [5.41, 5.74) is 0.358. The molecular formula is C12H11N3O3. The first-order valence-electron chi connectivity index (χ1n) is 5.19. The normalized spacial score (nSPS) is 9.83. The molecule has 0 aliphatic carbocycles. The van der Waals surface area contributed by atoms with E-state index >= 15 is 0 Å². The first kappa shape index (κ1) is 11.8. The molecule has 0 radical (unpaired) electrons. The van der Waals surface area contributed by atoms with Crippen LogP contribution in [0.3, 0.4) is 0 Å². The molecule has 0 bridgehead atoms. The van der Waals surface area contributed by atoms with E-state index in [1.807, 2.05) is 0 Å². The molecule has 0 saturated heterocycles. The minimum Gasteiger partial charge on any atom is -0.491 e. The molecule has 2 rings (SSSR count). The molecule has 92 valence electrons. The highest BCUT2D eigenvalue weighted by atomic mass is 16.5. The van der Waals surface area contributed by atoms with E-state index in [2.05, 4.69) is 15.3 Å². The van der Waals surface area contributed by atoms with Crippen LogP contribution >= 0.6 is 0 Å². The molecule has 0 aliphatic heterocycles. The zero-order valence-corrected chi connectivity index (χ0v) is 9.64. The van der Waals surface area contributed by atoms with E-state index < -0.39 is 5.91 Å². The summed E-state index contributed by atoms with van der Waals surface area (Å²) in [5.74, 6) is -0.254. The zero-order chi connectivity index (χ0) is 13.0. The van der Waals surface area contributed by atoms with Gasteiger partial charge in [-0.2, -0.15) is 0 Å². The summed E-state index contributed by atoms with van der Waals surface area (Å²) >= 11 is 0. The SMILES string of the molecule is COc1c[nH]c(C(=O)Nc2cccnc2)cc1=O. The van der Waals surface area contributed by atoms with Gasteiger partial charge >= 0.3 is 0 Å². The van der Waals surface area contributed by atoms with Crippen molar-refractivity contribution in [2.75, 3.05) is 12.4 Å². The Bertz CT molecular complexity index is 607. The number of methoxy groups -OCH3 is 1. The Kier molecular flexibility index (Phi) is 3.38. The van der Waals surface area contributed by atoms with Crippen LogP contribution in [-0.4, -0.2) is 23.0 Å². The lowest BCUT2D eigenvalue weighted by Gasteiger charge is -2.05. The number of rotatable bonds is 3. The number of H-pyrrole nitrogens is 1. The second-order valence-corrected chi connectivity index (χ2v) is 3.48. The molecule has 6 nitrogen and oxygen atoms in total. The van der Waals surface area contributed by atoms with Crippen LogP contribution in [0.2, 0.25) is 0 Å². The maximum absolute atomic E-state index is 11.8.